The predicted molar refractivity (Wildman–Crippen MR) is 98.6 cm³/mol. The Hall–Kier alpha value is -1.56. The molecule has 3 unspecified atom stereocenters. The molecule has 0 amide bonds. The summed E-state index contributed by atoms with van der Waals surface area (Å²) in [5, 5.41) is 7.08. The maximum absolute atomic E-state index is 6.34. The molecule has 0 aromatic heterocycles. The Morgan fingerprint density at radius 1 is 1.42 bits per heavy atom. The van der Waals surface area contributed by atoms with Gasteiger partial charge in [0.2, 0.25) is 0 Å². The first-order chi connectivity index (χ1) is 11.6. The number of hydrogen-bond donors (Lipinski definition) is 3. The van der Waals surface area contributed by atoms with Crippen LogP contribution in [0.25, 0.3) is 0 Å². The fourth-order valence-corrected chi connectivity index (χ4v) is 3.59. The van der Waals surface area contributed by atoms with Gasteiger partial charge in [-0.25, -0.2) is 4.99 Å². The molecule has 1 aromatic carbocycles. The lowest BCUT2D eigenvalue weighted by Gasteiger charge is -2.23. The van der Waals surface area contributed by atoms with E-state index in [9.17, 15) is 0 Å². The van der Waals surface area contributed by atoms with Crippen LogP contribution in [0.3, 0.4) is 0 Å². The number of aliphatic imine (C=N–C) groups is 1. The minimum absolute atomic E-state index is 0.142. The van der Waals surface area contributed by atoms with Gasteiger partial charge in [0.25, 0.3) is 0 Å². The standard InChI is InChI=1S/C18H25ClN4O/c1-3-4-14(21-2)16(19)18(20)23-12-7-5-11(6-8-12)17-15-9-13(24-17)10-22-15/h5-8,13,15,17,21-22H,3-4,9-10H2,1-2H3,(H2,20,23)/b16-14+. The Morgan fingerprint density at radius 3 is 2.71 bits per heavy atom. The van der Waals surface area contributed by atoms with E-state index >= 15 is 0 Å². The van der Waals surface area contributed by atoms with Crippen molar-refractivity contribution < 1.29 is 4.74 Å². The predicted octanol–water partition coefficient (Wildman–Crippen LogP) is 2.95. The molecule has 6 heteroatoms. The molecule has 5 nitrogen and oxygen atoms in total. The lowest BCUT2D eigenvalue weighted by molar-refractivity contribution is 0.0160. The normalized spacial score (nSPS) is 27.3. The van der Waals surface area contributed by atoms with Gasteiger partial charge in [-0.3, -0.25) is 0 Å². The van der Waals surface area contributed by atoms with Crippen molar-refractivity contribution >= 4 is 23.1 Å². The van der Waals surface area contributed by atoms with Crippen molar-refractivity contribution in [3.05, 3.63) is 40.6 Å². The number of nitrogens with two attached hydrogens (primary N) is 1. The summed E-state index contributed by atoms with van der Waals surface area (Å²) in [7, 11) is 1.85. The highest BCUT2D eigenvalue weighted by atomic mass is 35.5. The second-order valence-corrected chi connectivity index (χ2v) is 6.69. The first-order valence-electron chi connectivity index (χ1n) is 8.52. The van der Waals surface area contributed by atoms with Gasteiger partial charge in [-0.1, -0.05) is 37.1 Å². The topological polar surface area (TPSA) is 71.7 Å². The smallest absolute Gasteiger partial charge is 0.144 e. The lowest BCUT2D eigenvalue weighted by Crippen LogP contribution is -2.33. The number of rotatable bonds is 6. The van der Waals surface area contributed by atoms with Gasteiger partial charge in [-0.05, 0) is 30.5 Å². The second-order valence-electron chi connectivity index (χ2n) is 6.31. The van der Waals surface area contributed by atoms with Crippen LogP contribution in [-0.2, 0) is 4.74 Å². The number of hydrogen-bond acceptors (Lipinski definition) is 4. The molecule has 2 aliphatic heterocycles. The minimum atomic E-state index is 0.142. The molecule has 2 heterocycles. The van der Waals surface area contributed by atoms with Crippen molar-refractivity contribution in [3.63, 3.8) is 0 Å². The van der Waals surface area contributed by atoms with Crippen LogP contribution in [0.5, 0.6) is 0 Å². The third-order valence-electron chi connectivity index (χ3n) is 4.59. The van der Waals surface area contributed by atoms with E-state index < -0.39 is 0 Å². The fraction of sp³-hybridized carbons (Fsp3) is 0.500. The van der Waals surface area contributed by atoms with Crippen LogP contribution >= 0.6 is 11.6 Å². The van der Waals surface area contributed by atoms with Crippen molar-refractivity contribution in [2.45, 2.75) is 44.4 Å². The average Bonchev–Trinajstić information content (AvgIpc) is 3.23. The molecular formula is C18H25ClN4O. The Labute approximate surface area is 148 Å². The Kier molecular flexibility index (Phi) is 5.43. The number of halogens is 1. The molecular weight excluding hydrogens is 324 g/mol. The first-order valence-corrected chi connectivity index (χ1v) is 8.90. The molecule has 0 spiro atoms. The summed E-state index contributed by atoms with van der Waals surface area (Å²) in [5.41, 5.74) is 8.93. The number of ether oxygens (including phenoxy) is 1. The van der Waals surface area contributed by atoms with E-state index in [1.807, 2.05) is 19.2 Å². The zero-order chi connectivity index (χ0) is 17.1. The maximum Gasteiger partial charge on any atom is 0.144 e. The molecule has 4 N–H and O–H groups in total. The molecule has 2 fully saturated rings. The van der Waals surface area contributed by atoms with E-state index in [1.54, 1.807) is 0 Å². The molecule has 3 rings (SSSR count). The van der Waals surface area contributed by atoms with Crippen molar-refractivity contribution in [1.82, 2.24) is 10.6 Å². The number of nitrogens with zero attached hydrogens (tertiary/aromatic N) is 1. The van der Waals surface area contributed by atoms with Gasteiger partial charge in [0.15, 0.2) is 0 Å². The number of morpholine rings is 1. The number of allylic oxidation sites excluding steroid dienone is 1. The number of nitrogens with one attached hydrogen (secondary N) is 2. The molecule has 130 valence electrons. The van der Waals surface area contributed by atoms with Crippen LogP contribution in [0.2, 0.25) is 0 Å². The summed E-state index contributed by atoms with van der Waals surface area (Å²) in [6, 6.07) is 8.46. The monoisotopic (exact) mass is 348 g/mol. The van der Waals surface area contributed by atoms with Crippen LogP contribution in [0.15, 0.2) is 40.0 Å². The Balaban J connectivity index is 1.73. The zero-order valence-electron chi connectivity index (χ0n) is 14.2. The summed E-state index contributed by atoms with van der Waals surface area (Å²) < 4.78 is 6.02. The van der Waals surface area contributed by atoms with Crippen molar-refractivity contribution in [3.8, 4) is 0 Å². The van der Waals surface area contributed by atoms with Crippen LogP contribution < -0.4 is 16.4 Å². The number of fused-ring (bicyclic) bond motifs is 2. The zero-order valence-corrected chi connectivity index (χ0v) is 14.9. The molecule has 0 radical (unpaired) electrons. The molecule has 2 aliphatic rings. The summed E-state index contributed by atoms with van der Waals surface area (Å²) in [6.45, 7) is 3.07. The van der Waals surface area contributed by atoms with Crippen molar-refractivity contribution in [2.75, 3.05) is 13.6 Å². The largest absolute Gasteiger partial charge is 0.390 e. The van der Waals surface area contributed by atoms with E-state index in [0.29, 0.717) is 23.0 Å². The number of amidine groups is 1. The van der Waals surface area contributed by atoms with Crippen LogP contribution in [0.1, 0.15) is 37.9 Å². The van der Waals surface area contributed by atoms with Gasteiger partial charge in [-0.15, -0.1) is 0 Å². The van der Waals surface area contributed by atoms with Crippen molar-refractivity contribution in [1.29, 1.82) is 0 Å². The van der Waals surface area contributed by atoms with Gasteiger partial charge in [0, 0.05) is 25.3 Å². The van der Waals surface area contributed by atoms with Crippen LogP contribution in [0, 0.1) is 0 Å². The summed E-state index contributed by atoms with van der Waals surface area (Å²) in [4.78, 5) is 4.43. The van der Waals surface area contributed by atoms with E-state index in [2.05, 4.69) is 34.7 Å². The molecule has 3 atom stereocenters. The van der Waals surface area contributed by atoms with Crippen LogP contribution in [0.4, 0.5) is 5.69 Å². The highest BCUT2D eigenvalue weighted by Crippen LogP contribution is 2.37. The summed E-state index contributed by atoms with van der Waals surface area (Å²) in [6.07, 6.45) is 3.44. The highest BCUT2D eigenvalue weighted by Gasteiger charge is 2.41. The van der Waals surface area contributed by atoms with E-state index in [-0.39, 0.29) is 6.10 Å². The molecule has 0 aliphatic carbocycles. The van der Waals surface area contributed by atoms with Gasteiger partial charge in [0.1, 0.15) is 10.9 Å². The average molecular weight is 349 g/mol. The lowest BCUT2D eigenvalue weighted by atomic mass is 10.0. The molecule has 2 bridgehead atoms. The van der Waals surface area contributed by atoms with E-state index in [1.165, 1.54) is 5.56 Å². The third-order valence-corrected chi connectivity index (χ3v) is 5.01. The number of benzene rings is 1. The van der Waals surface area contributed by atoms with Gasteiger partial charge in [0.05, 0.1) is 17.9 Å². The molecule has 24 heavy (non-hydrogen) atoms. The fourth-order valence-electron chi connectivity index (χ4n) is 3.36. The van der Waals surface area contributed by atoms with Crippen molar-refractivity contribution in [2.24, 2.45) is 10.7 Å². The van der Waals surface area contributed by atoms with E-state index in [4.69, 9.17) is 22.1 Å². The van der Waals surface area contributed by atoms with Gasteiger partial charge < -0.3 is 21.1 Å². The van der Waals surface area contributed by atoms with Gasteiger partial charge >= 0.3 is 0 Å². The highest BCUT2D eigenvalue weighted by molar-refractivity contribution is 6.43. The molecule has 0 saturated carbocycles. The Morgan fingerprint density at radius 2 is 2.17 bits per heavy atom. The Bertz CT molecular complexity index is 641. The third kappa shape index (κ3) is 3.58. The quantitative estimate of drug-likeness (QED) is 0.546. The van der Waals surface area contributed by atoms with Gasteiger partial charge in [-0.2, -0.15) is 0 Å². The summed E-state index contributed by atoms with van der Waals surface area (Å²) in [5.74, 6) is 0.333. The van der Waals surface area contributed by atoms with Crippen LogP contribution in [-0.4, -0.2) is 31.6 Å². The summed E-state index contributed by atoms with van der Waals surface area (Å²) >= 11 is 6.34. The minimum Gasteiger partial charge on any atom is -0.390 e. The molecule has 1 aromatic rings. The maximum atomic E-state index is 6.34. The SMILES string of the molecule is CCC/C(NC)=C(\Cl)C(N)=Nc1ccc(C2OC3CNC2C3)cc1. The van der Waals surface area contributed by atoms with E-state index in [0.717, 1.165) is 37.2 Å². The molecule has 2 saturated heterocycles. The second kappa shape index (κ2) is 7.55. The first kappa shape index (κ1) is 17.3.